The van der Waals surface area contributed by atoms with E-state index in [-0.39, 0.29) is 0 Å². The third-order valence-electron chi connectivity index (χ3n) is 8.36. The summed E-state index contributed by atoms with van der Waals surface area (Å²) in [5, 5.41) is 16.2. The number of hydrogen-bond donors (Lipinski definition) is 2. The summed E-state index contributed by atoms with van der Waals surface area (Å²) in [4.78, 5) is 0. The first-order valence-corrected chi connectivity index (χ1v) is 19.2. The molecule has 0 heterocycles. The lowest BCUT2D eigenvalue weighted by Crippen LogP contribution is -2.37. The molecule has 46 heavy (non-hydrogen) atoms. The van der Waals surface area contributed by atoms with Gasteiger partial charge in [-0.25, -0.2) is 10.2 Å². The van der Waals surface area contributed by atoms with Crippen LogP contribution in [0.25, 0.3) is 0 Å². The van der Waals surface area contributed by atoms with Gasteiger partial charge in [0, 0.05) is 0 Å². The Morgan fingerprint density at radius 3 is 0.587 bits per heavy atom. The molecule has 0 bridgehead atoms. The monoisotopic (exact) mass is 630 g/mol. The Balaban J connectivity index is 1.46. The quantitative estimate of drug-likeness (QED) is 0.149. The van der Waals surface area contributed by atoms with Crippen LogP contribution in [0.1, 0.15) is 0 Å². The van der Waals surface area contributed by atoms with Crippen molar-refractivity contribution in [1.82, 2.24) is 0 Å². The summed E-state index contributed by atoms with van der Waals surface area (Å²) in [6, 6.07) is 74.4. The third kappa shape index (κ3) is 5.63. The fourth-order valence-corrected chi connectivity index (χ4v) is 13.6. The number of hydrogen-bond acceptors (Lipinski definition) is 2. The van der Waals surface area contributed by atoms with Crippen LogP contribution in [-0.4, -0.2) is 0 Å². The molecule has 0 aromatic heterocycles. The molecule has 0 unspecified atom stereocenters. The van der Waals surface area contributed by atoms with Gasteiger partial charge in [0.25, 0.3) is 0 Å². The molecule has 0 amide bonds. The predicted octanol–water partition coefficient (Wildman–Crippen LogP) is 8.33. The van der Waals surface area contributed by atoms with Gasteiger partial charge in [0.05, 0.1) is 11.4 Å². The molecular weight excluding hydrogens is 594 g/mol. The minimum absolute atomic E-state index is 1.07. The smallest absolute Gasteiger partial charge is 0.199 e. The van der Waals surface area contributed by atoms with Crippen molar-refractivity contribution < 1.29 is 0 Å². The summed E-state index contributed by atoms with van der Waals surface area (Å²) in [7, 11) is -4.72. The van der Waals surface area contributed by atoms with Crippen LogP contribution in [0.3, 0.4) is 0 Å². The van der Waals surface area contributed by atoms with Crippen molar-refractivity contribution in [2.24, 2.45) is 0 Å². The van der Waals surface area contributed by atoms with E-state index in [0.717, 1.165) is 11.4 Å². The molecule has 0 spiro atoms. The second kappa shape index (κ2) is 13.6. The van der Waals surface area contributed by atoms with Crippen LogP contribution in [0.2, 0.25) is 0 Å². The average Bonchev–Trinajstić information content (AvgIpc) is 3.15. The standard InChI is InChI=1S/C42H36N2P2/c1-7-21-35(22-8-1)45(36-23-9-2-10-24-36,37-25-11-3-12-26-37)43-41-33-19-20-34-42(41)44-46(38-27-13-4-14-28-38,39-29-15-5-16-30-39)40-31-17-6-18-32-40/h1-34,43-44H/q+2. The summed E-state index contributed by atoms with van der Waals surface area (Å²) in [6.45, 7) is 0. The topological polar surface area (TPSA) is 24.1 Å². The minimum atomic E-state index is -2.36. The maximum atomic E-state index is 4.25. The summed E-state index contributed by atoms with van der Waals surface area (Å²) >= 11 is 0. The number of rotatable bonds is 10. The molecule has 222 valence electrons. The van der Waals surface area contributed by atoms with Gasteiger partial charge >= 0.3 is 0 Å². The van der Waals surface area contributed by atoms with E-state index in [0.29, 0.717) is 0 Å². The molecule has 0 aliphatic rings. The highest BCUT2D eigenvalue weighted by atomic mass is 31.2. The number of para-hydroxylation sites is 2. The second-order valence-corrected chi connectivity index (χ2v) is 17.4. The Labute approximate surface area is 273 Å². The van der Waals surface area contributed by atoms with Crippen LogP contribution < -0.4 is 42.0 Å². The highest BCUT2D eigenvalue weighted by molar-refractivity contribution is 7.97. The Bertz CT molecular complexity index is 1630. The Morgan fingerprint density at radius 2 is 0.391 bits per heavy atom. The van der Waals surface area contributed by atoms with E-state index < -0.39 is 14.8 Å². The van der Waals surface area contributed by atoms with E-state index in [9.17, 15) is 0 Å². The average molecular weight is 631 g/mol. The fraction of sp³-hybridized carbons (Fsp3) is 0. The highest BCUT2D eigenvalue weighted by Crippen LogP contribution is 2.59. The van der Waals surface area contributed by atoms with Gasteiger partial charge in [-0.15, -0.1) is 0 Å². The molecule has 4 heteroatoms. The fourth-order valence-electron chi connectivity index (χ4n) is 6.23. The van der Waals surface area contributed by atoms with Crippen molar-refractivity contribution in [3.8, 4) is 0 Å². The van der Waals surface area contributed by atoms with Crippen molar-refractivity contribution in [2.45, 2.75) is 0 Å². The van der Waals surface area contributed by atoms with E-state index in [2.05, 4.69) is 216 Å². The first-order chi connectivity index (χ1) is 22.8. The van der Waals surface area contributed by atoms with Crippen molar-refractivity contribution >= 4 is 58.0 Å². The molecular formula is C42H36N2P2+2. The number of anilines is 2. The van der Waals surface area contributed by atoms with Crippen LogP contribution in [0, 0.1) is 0 Å². The molecule has 0 aliphatic carbocycles. The van der Waals surface area contributed by atoms with Crippen LogP contribution in [0.5, 0.6) is 0 Å². The minimum Gasteiger partial charge on any atom is -0.244 e. The molecule has 0 saturated heterocycles. The molecule has 7 aromatic carbocycles. The molecule has 2 nitrogen and oxygen atoms in total. The summed E-state index contributed by atoms with van der Waals surface area (Å²) in [6.07, 6.45) is 0. The largest absolute Gasteiger partial charge is 0.244 e. The van der Waals surface area contributed by atoms with Gasteiger partial charge in [-0.2, -0.15) is 0 Å². The summed E-state index contributed by atoms with van der Waals surface area (Å²) in [5.74, 6) is 0. The van der Waals surface area contributed by atoms with Crippen molar-refractivity contribution in [3.63, 3.8) is 0 Å². The lowest BCUT2D eigenvalue weighted by Gasteiger charge is -2.32. The van der Waals surface area contributed by atoms with E-state index in [1.54, 1.807) is 0 Å². The lowest BCUT2D eigenvalue weighted by molar-refractivity contribution is 1.61. The van der Waals surface area contributed by atoms with E-state index >= 15 is 0 Å². The summed E-state index contributed by atoms with van der Waals surface area (Å²) in [5.41, 5.74) is 2.14. The van der Waals surface area contributed by atoms with Gasteiger partial charge in [-0.05, 0) is 84.9 Å². The third-order valence-corrected chi connectivity index (χ3v) is 16.0. The first kappa shape index (κ1) is 29.7. The second-order valence-electron chi connectivity index (χ2n) is 11.1. The lowest BCUT2D eigenvalue weighted by atomic mass is 10.3. The normalized spacial score (nSPS) is 11.5. The molecule has 0 atom stereocenters. The Kier molecular flexibility index (Phi) is 8.75. The maximum absolute atomic E-state index is 4.25. The maximum Gasteiger partial charge on any atom is 0.199 e. The van der Waals surface area contributed by atoms with Crippen LogP contribution >= 0.6 is 14.8 Å². The highest BCUT2D eigenvalue weighted by Gasteiger charge is 2.49. The molecule has 0 aliphatic heterocycles. The zero-order valence-corrected chi connectivity index (χ0v) is 27.3. The Hall–Kier alpha value is -5.00. The molecule has 0 fully saturated rings. The SMILES string of the molecule is c1ccc([P+](Nc2ccccc2N[P+](c2ccccc2)(c2ccccc2)c2ccccc2)(c2ccccc2)c2ccccc2)cc1. The van der Waals surface area contributed by atoms with Gasteiger partial charge in [0.2, 0.25) is 0 Å². The zero-order valence-electron chi connectivity index (χ0n) is 25.5. The van der Waals surface area contributed by atoms with Gasteiger partial charge in [0.15, 0.2) is 14.8 Å². The van der Waals surface area contributed by atoms with Crippen LogP contribution in [0.15, 0.2) is 206 Å². The van der Waals surface area contributed by atoms with E-state index in [1.165, 1.54) is 31.8 Å². The Morgan fingerprint density at radius 1 is 0.217 bits per heavy atom. The van der Waals surface area contributed by atoms with Crippen molar-refractivity contribution in [2.75, 3.05) is 10.2 Å². The van der Waals surface area contributed by atoms with Gasteiger partial charge in [0.1, 0.15) is 31.8 Å². The molecule has 0 saturated carbocycles. The van der Waals surface area contributed by atoms with Crippen LogP contribution in [0.4, 0.5) is 11.4 Å². The molecule has 0 radical (unpaired) electrons. The van der Waals surface area contributed by atoms with Gasteiger partial charge in [-0.3, -0.25) is 0 Å². The summed E-state index contributed by atoms with van der Waals surface area (Å²) < 4.78 is 0. The van der Waals surface area contributed by atoms with E-state index in [1.807, 2.05) is 0 Å². The molecule has 7 rings (SSSR count). The molecule has 2 N–H and O–H groups in total. The number of benzene rings is 7. The van der Waals surface area contributed by atoms with Crippen molar-refractivity contribution in [1.29, 1.82) is 0 Å². The van der Waals surface area contributed by atoms with Gasteiger partial charge in [-0.1, -0.05) is 121 Å². The van der Waals surface area contributed by atoms with Crippen LogP contribution in [-0.2, 0) is 0 Å². The van der Waals surface area contributed by atoms with Crippen molar-refractivity contribution in [3.05, 3.63) is 206 Å². The van der Waals surface area contributed by atoms with E-state index in [4.69, 9.17) is 0 Å². The number of nitrogens with one attached hydrogen (secondary N) is 2. The molecule has 7 aromatic rings. The zero-order chi connectivity index (χ0) is 31.1. The van der Waals surface area contributed by atoms with Gasteiger partial charge < -0.3 is 0 Å². The predicted molar refractivity (Wildman–Crippen MR) is 204 cm³/mol. The first-order valence-electron chi connectivity index (χ1n) is 15.6.